The van der Waals surface area contributed by atoms with Crippen LogP contribution < -0.4 is 4.90 Å². The molecule has 0 aliphatic rings. The lowest BCUT2D eigenvalue weighted by Crippen LogP contribution is -2.31. The van der Waals surface area contributed by atoms with Gasteiger partial charge in [0.2, 0.25) is 0 Å². The second-order valence-electron chi connectivity index (χ2n) is 5.18. The van der Waals surface area contributed by atoms with Gasteiger partial charge >= 0.3 is 0 Å². The molecule has 1 N–H and O–H groups in total. The van der Waals surface area contributed by atoms with Gasteiger partial charge < -0.3 is 10.0 Å². The van der Waals surface area contributed by atoms with Gasteiger partial charge in [-0.1, -0.05) is 19.9 Å². The molecule has 0 aliphatic heterocycles. The zero-order valence-electron chi connectivity index (χ0n) is 11.5. The highest BCUT2D eigenvalue weighted by Gasteiger charge is 2.17. The molecule has 1 aromatic rings. The maximum atomic E-state index is 9.75. The highest BCUT2D eigenvalue weighted by Crippen LogP contribution is 2.25. The van der Waals surface area contributed by atoms with Crippen molar-refractivity contribution in [2.24, 2.45) is 5.92 Å². The first-order valence-corrected chi connectivity index (χ1v) is 6.29. The standard InChI is InChI=1S/C14H24N2O/c1-10(2)9-11(3)16(5)14-13(12(4)17)7-6-8-15-14/h6-8,10-12,17H,9H2,1-5H3/t11?,12-/m1/s1. The van der Waals surface area contributed by atoms with Crippen molar-refractivity contribution in [3.05, 3.63) is 23.9 Å². The van der Waals surface area contributed by atoms with E-state index in [-0.39, 0.29) is 0 Å². The van der Waals surface area contributed by atoms with Gasteiger partial charge in [-0.3, -0.25) is 0 Å². The van der Waals surface area contributed by atoms with Crippen LogP contribution in [-0.2, 0) is 0 Å². The second kappa shape index (κ2) is 6.01. The van der Waals surface area contributed by atoms with Crippen LogP contribution in [0.2, 0.25) is 0 Å². The summed E-state index contributed by atoms with van der Waals surface area (Å²) >= 11 is 0. The number of aliphatic hydroxyl groups is 1. The van der Waals surface area contributed by atoms with Crippen LogP contribution in [0, 0.1) is 5.92 Å². The maximum absolute atomic E-state index is 9.75. The Kier molecular flexibility index (Phi) is 4.94. The van der Waals surface area contributed by atoms with Gasteiger partial charge in [-0.15, -0.1) is 0 Å². The summed E-state index contributed by atoms with van der Waals surface area (Å²) in [7, 11) is 2.04. The fourth-order valence-corrected chi connectivity index (χ4v) is 2.08. The average molecular weight is 236 g/mol. The average Bonchev–Trinajstić information content (AvgIpc) is 2.27. The van der Waals surface area contributed by atoms with E-state index in [1.807, 2.05) is 19.2 Å². The molecule has 3 nitrogen and oxygen atoms in total. The van der Waals surface area contributed by atoms with Crippen molar-refractivity contribution in [3.63, 3.8) is 0 Å². The molecule has 0 spiro atoms. The van der Waals surface area contributed by atoms with E-state index in [0.717, 1.165) is 17.8 Å². The normalized spacial score (nSPS) is 14.8. The Morgan fingerprint density at radius 2 is 1.94 bits per heavy atom. The molecular weight excluding hydrogens is 212 g/mol. The van der Waals surface area contributed by atoms with E-state index in [0.29, 0.717) is 12.0 Å². The van der Waals surface area contributed by atoms with Crippen molar-refractivity contribution in [1.82, 2.24) is 4.98 Å². The van der Waals surface area contributed by atoms with Gasteiger partial charge in [-0.05, 0) is 32.3 Å². The topological polar surface area (TPSA) is 36.4 Å². The summed E-state index contributed by atoms with van der Waals surface area (Å²) in [6, 6.07) is 4.22. The van der Waals surface area contributed by atoms with E-state index < -0.39 is 6.10 Å². The molecule has 0 fully saturated rings. The molecule has 0 bridgehead atoms. The lowest BCUT2D eigenvalue weighted by atomic mass is 10.0. The van der Waals surface area contributed by atoms with E-state index in [2.05, 4.69) is 30.7 Å². The molecule has 1 heterocycles. The van der Waals surface area contributed by atoms with Crippen LogP contribution in [-0.4, -0.2) is 23.2 Å². The molecule has 1 unspecified atom stereocenters. The quantitative estimate of drug-likeness (QED) is 0.853. The van der Waals surface area contributed by atoms with Crippen LogP contribution in [0.4, 0.5) is 5.82 Å². The van der Waals surface area contributed by atoms with Crippen LogP contribution in [0.1, 0.15) is 45.8 Å². The zero-order chi connectivity index (χ0) is 13.0. The van der Waals surface area contributed by atoms with Crippen molar-refractivity contribution in [2.75, 3.05) is 11.9 Å². The van der Waals surface area contributed by atoms with Crippen LogP contribution in [0.5, 0.6) is 0 Å². The highest BCUT2D eigenvalue weighted by molar-refractivity contribution is 5.47. The van der Waals surface area contributed by atoms with Gasteiger partial charge in [0.15, 0.2) is 0 Å². The molecule has 0 aliphatic carbocycles. The Morgan fingerprint density at radius 3 is 2.47 bits per heavy atom. The summed E-state index contributed by atoms with van der Waals surface area (Å²) in [4.78, 5) is 6.55. The SMILES string of the molecule is CC(C)CC(C)N(C)c1ncccc1[C@@H](C)O. The van der Waals surface area contributed by atoms with Crippen molar-refractivity contribution < 1.29 is 5.11 Å². The molecule has 17 heavy (non-hydrogen) atoms. The summed E-state index contributed by atoms with van der Waals surface area (Å²) in [5.41, 5.74) is 0.894. The van der Waals surface area contributed by atoms with Crippen molar-refractivity contribution in [2.45, 2.75) is 46.3 Å². The second-order valence-corrected chi connectivity index (χ2v) is 5.18. The Bertz CT molecular complexity index is 350. The first-order valence-electron chi connectivity index (χ1n) is 6.29. The molecular formula is C14H24N2O. The van der Waals surface area contributed by atoms with Gasteiger partial charge in [-0.2, -0.15) is 0 Å². The molecule has 1 rings (SSSR count). The lowest BCUT2D eigenvalue weighted by Gasteiger charge is -2.29. The molecule has 96 valence electrons. The number of rotatable bonds is 5. The third kappa shape index (κ3) is 3.70. The molecule has 3 heteroatoms. The van der Waals surface area contributed by atoms with E-state index in [1.54, 1.807) is 13.1 Å². The highest BCUT2D eigenvalue weighted by atomic mass is 16.3. The molecule has 0 radical (unpaired) electrons. The fraction of sp³-hybridized carbons (Fsp3) is 0.643. The summed E-state index contributed by atoms with van der Waals surface area (Å²) in [6.07, 6.45) is 2.42. The van der Waals surface area contributed by atoms with E-state index in [4.69, 9.17) is 0 Å². The first kappa shape index (κ1) is 14.0. The number of hydrogen-bond acceptors (Lipinski definition) is 3. The summed E-state index contributed by atoms with van der Waals surface area (Å²) < 4.78 is 0. The predicted octanol–water partition coefficient (Wildman–Crippen LogP) is 3.01. The third-order valence-corrected chi connectivity index (χ3v) is 3.07. The largest absolute Gasteiger partial charge is 0.389 e. The van der Waals surface area contributed by atoms with Crippen molar-refractivity contribution >= 4 is 5.82 Å². The van der Waals surface area contributed by atoms with E-state index in [9.17, 15) is 5.11 Å². The monoisotopic (exact) mass is 236 g/mol. The van der Waals surface area contributed by atoms with Crippen LogP contribution in [0.25, 0.3) is 0 Å². The van der Waals surface area contributed by atoms with Crippen LogP contribution in [0.15, 0.2) is 18.3 Å². The molecule has 0 saturated heterocycles. The molecule has 0 saturated carbocycles. The number of pyridine rings is 1. The van der Waals surface area contributed by atoms with Crippen molar-refractivity contribution in [3.8, 4) is 0 Å². The number of hydrogen-bond donors (Lipinski definition) is 1. The zero-order valence-corrected chi connectivity index (χ0v) is 11.5. The number of aromatic nitrogens is 1. The number of nitrogens with zero attached hydrogens (tertiary/aromatic N) is 2. The maximum Gasteiger partial charge on any atom is 0.134 e. The first-order chi connectivity index (χ1) is 7.93. The van der Waals surface area contributed by atoms with E-state index in [1.165, 1.54) is 0 Å². The molecule has 0 amide bonds. The van der Waals surface area contributed by atoms with Gasteiger partial charge in [0.05, 0.1) is 6.10 Å². The molecule has 2 atom stereocenters. The van der Waals surface area contributed by atoms with Gasteiger partial charge in [-0.25, -0.2) is 4.98 Å². The smallest absolute Gasteiger partial charge is 0.134 e. The molecule has 1 aromatic heterocycles. The van der Waals surface area contributed by atoms with Gasteiger partial charge in [0, 0.05) is 24.8 Å². The third-order valence-electron chi connectivity index (χ3n) is 3.07. The van der Waals surface area contributed by atoms with Crippen molar-refractivity contribution in [1.29, 1.82) is 0 Å². The number of aliphatic hydroxyl groups excluding tert-OH is 1. The van der Waals surface area contributed by atoms with Crippen LogP contribution >= 0.6 is 0 Å². The fourth-order valence-electron chi connectivity index (χ4n) is 2.08. The molecule has 0 aromatic carbocycles. The van der Waals surface area contributed by atoms with Gasteiger partial charge in [0.25, 0.3) is 0 Å². The summed E-state index contributed by atoms with van der Waals surface area (Å²) in [5, 5.41) is 9.75. The Morgan fingerprint density at radius 1 is 1.29 bits per heavy atom. The number of anilines is 1. The summed E-state index contributed by atoms with van der Waals surface area (Å²) in [5.74, 6) is 1.54. The summed E-state index contributed by atoms with van der Waals surface area (Å²) in [6.45, 7) is 8.42. The van der Waals surface area contributed by atoms with Crippen LogP contribution in [0.3, 0.4) is 0 Å². The Labute approximate surface area is 104 Å². The Balaban J connectivity index is 2.91. The lowest BCUT2D eigenvalue weighted by molar-refractivity contribution is 0.199. The minimum absolute atomic E-state index is 0.419. The van der Waals surface area contributed by atoms with E-state index >= 15 is 0 Å². The predicted molar refractivity (Wildman–Crippen MR) is 72.2 cm³/mol. The Hall–Kier alpha value is -1.09. The minimum atomic E-state index is -0.479. The minimum Gasteiger partial charge on any atom is -0.389 e. The van der Waals surface area contributed by atoms with Gasteiger partial charge in [0.1, 0.15) is 5.82 Å².